The van der Waals surface area contributed by atoms with E-state index in [0.717, 1.165) is 10.6 Å². The molecule has 0 nitrogen and oxygen atoms in total. The molecule has 0 saturated heterocycles. The summed E-state index contributed by atoms with van der Waals surface area (Å²) in [6.45, 7) is 6.47. The molecule has 0 N–H and O–H groups in total. The first-order valence-corrected chi connectivity index (χ1v) is 7.53. The highest BCUT2D eigenvalue weighted by Crippen LogP contribution is 2.47. The zero-order valence-corrected chi connectivity index (χ0v) is 12.2. The Hall–Kier alpha value is -1.27. The Bertz CT molecular complexity index is 493. The third-order valence-corrected chi connectivity index (χ3v) is 5.81. The lowest BCUT2D eigenvalue weighted by molar-refractivity contribution is 0.628. The van der Waals surface area contributed by atoms with E-state index >= 15 is 0 Å². The van der Waals surface area contributed by atoms with E-state index in [9.17, 15) is 8.78 Å². The topological polar surface area (TPSA) is 0 Å². The van der Waals surface area contributed by atoms with Gasteiger partial charge in [-0.1, -0.05) is 45.0 Å². The van der Waals surface area contributed by atoms with E-state index in [-0.39, 0.29) is 16.8 Å². The highest BCUT2D eigenvalue weighted by Gasteiger charge is 2.27. The zero-order valence-electron chi connectivity index (χ0n) is 11.3. The van der Waals surface area contributed by atoms with Gasteiger partial charge in [-0.3, -0.25) is 0 Å². The van der Waals surface area contributed by atoms with Crippen LogP contribution in [0.15, 0.2) is 48.5 Å². The smallest absolute Gasteiger partial charge is 0.123 e. The van der Waals surface area contributed by atoms with Crippen molar-refractivity contribution in [2.24, 2.45) is 0 Å². The fourth-order valence-corrected chi connectivity index (χ4v) is 4.85. The minimum Gasteiger partial charge on any atom is -0.207 e. The molecule has 0 radical (unpaired) electrons. The molecule has 2 rings (SSSR count). The van der Waals surface area contributed by atoms with Gasteiger partial charge in [-0.2, -0.15) is 0 Å². The Morgan fingerprint density at radius 3 is 1.26 bits per heavy atom. The van der Waals surface area contributed by atoms with Crippen LogP contribution in [0.4, 0.5) is 8.78 Å². The molecule has 100 valence electrons. The minimum atomic E-state index is -0.650. The largest absolute Gasteiger partial charge is 0.207 e. The van der Waals surface area contributed by atoms with Crippen molar-refractivity contribution < 1.29 is 8.78 Å². The molecule has 0 aliphatic heterocycles. The molecule has 0 atom stereocenters. The molecule has 0 saturated carbocycles. The van der Waals surface area contributed by atoms with E-state index in [4.69, 9.17) is 0 Å². The van der Waals surface area contributed by atoms with Gasteiger partial charge in [0.05, 0.1) is 0 Å². The van der Waals surface area contributed by atoms with E-state index in [1.807, 2.05) is 24.3 Å². The van der Waals surface area contributed by atoms with Crippen LogP contribution in [-0.4, -0.2) is 5.16 Å². The molecule has 0 heterocycles. The van der Waals surface area contributed by atoms with Gasteiger partial charge in [0.2, 0.25) is 0 Å². The molecular formula is C16H17F2P. The highest BCUT2D eigenvalue weighted by molar-refractivity contribution is 7.74. The summed E-state index contributed by atoms with van der Waals surface area (Å²) in [5.41, 5.74) is 0. The summed E-state index contributed by atoms with van der Waals surface area (Å²) in [7, 11) is -0.650. The van der Waals surface area contributed by atoms with Crippen molar-refractivity contribution in [1.82, 2.24) is 0 Å². The van der Waals surface area contributed by atoms with Crippen molar-refractivity contribution in [3.8, 4) is 0 Å². The fraction of sp³-hybridized carbons (Fsp3) is 0.250. The molecule has 2 aromatic rings. The standard InChI is InChI=1S/C16H17F2P/c1-16(2,3)19(14-8-4-12(17)5-9-14)15-10-6-13(18)7-11-15/h4-11H,1-3H3. The number of hydrogen-bond acceptors (Lipinski definition) is 0. The Morgan fingerprint density at radius 2 is 1.00 bits per heavy atom. The Labute approximate surface area is 114 Å². The number of benzene rings is 2. The van der Waals surface area contributed by atoms with Gasteiger partial charge >= 0.3 is 0 Å². The van der Waals surface area contributed by atoms with Gasteiger partial charge in [-0.15, -0.1) is 0 Å². The average molecular weight is 278 g/mol. The van der Waals surface area contributed by atoms with Crippen LogP contribution < -0.4 is 10.6 Å². The lowest BCUT2D eigenvalue weighted by atomic mass is 10.2. The molecule has 0 amide bonds. The molecule has 0 bridgehead atoms. The van der Waals surface area contributed by atoms with Gasteiger partial charge in [-0.05, 0) is 48.0 Å². The molecule has 19 heavy (non-hydrogen) atoms. The van der Waals surface area contributed by atoms with Gasteiger partial charge < -0.3 is 0 Å². The lowest BCUT2D eigenvalue weighted by Gasteiger charge is -2.32. The van der Waals surface area contributed by atoms with Crippen molar-refractivity contribution in [3.05, 3.63) is 60.2 Å². The summed E-state index contributed by atoms with van der Waals surface area (Å²) in [5, 5.41) is 2.25. The first-order chi connectivity index (χ1) is 8.88. The quantitative estimate of drug-likeness (QED) is 0.722. The van der Waals surface area contributed by atoms with Crippen LogP contribution in [0.25, 0.3) is 0 Å². The molecule has 0 spiro atoms. The summed E-state index contributed by atoms with van der Waals surface area (Å²) in [4.78, 5) is 0. The maximum atomic E-state index is 13.1. The second kappa shape index (κ2) is 5.38. The van der Waals surface area contributed by atoms with Crippen LogP contribution in [0, 0.1) is 11.6 Å². The van der Waals surface area contributed by atoms with E-state index < -0.39 is 7.92 Å². The van der Waals surface area contributed by atoms with Crippen LogP contribution in [-0.2, 0) is 0 Å². The first-order valence-electron chi connectivity index (χ1n) is 6.19. The number of hydrogen-bond donors (Lipinski definition) is 0. The van der Waals surface area contributed by atoms with E-state index in [2.05, 4.69) is 20.8 Å². The second-order valence-electron chi connectivity index (χ2n) is 5.46. The lowest BCUT2D eigenvalue weighted by Crippen LogP contribution is -2.26. The van der Waals surface area contributed by atoms with Crippen LogP contribution >= 0.6 is 7.92 Å². The van der Waals surface area contributed by atoms with Crippen molar-refractivity contribution in [2.75, 3.05) is 0 Å². The second-order valence-corrected chi connectivity index (χ2v) is 8.50. The Morgan fingerprint density at radius 1 is 0.684 bits per heavy atom. The van der Waals surface area contributed by atoms with Crippen molar-refractivity contribution in [2.45, 2.75) is 25.9 Å². The average Bonchev–Trinajstić information content (AvgIpc) is 2.33. The van der Waals surface area contributed by atoms with Gasteiger partial charge in [0.1, 0.15) is 11.6 Å². The maximum Gasteiger partial charge on any atom is 0.123 e. The minimum absolute atomic E-state index is 0.0327. The molecule has 0 fully saturated rings. The zero-order chi connectivity index (χ0) is 14.0. The third kappa shape index (κ3) is 3.39. The van der Waals surface area contributed by atoms with Crippen molar-refractivity contribution in [3.63, 3.8) is 0 Å². The SMILES string of the molecule is CC(C)(C)P(c1ccc(F)cc1)c1ccc(F)cc1. The van der Waals surface area contributed by atoms with Crippen LogP contribution in [0.3, 0.4) is 0 Å². The van der Waals surface area contributed by atoms with Crippen LogP contribution in [0.2, 0.25) is 0 Å². The normalized spacial score (nSPS) is 11.9. The van der Waals surface area contributed by atoms with Gasteiger partial charge in [0.25, 0.3) is 0 Å². The Kier molecular flexibility index (Phi) is 4.01. The molecule has 0 aliphatic rings. The summed E-state index contributed by atoms with van der Waals surface area (Å²) >= 11 is 0. The third-order valence-electron chi connectivity index (χ3n) is 2.84. The van der Waals surface area contributed by atoms with Gasteiger partial charge in [-0.25, -0.2) is 8.78 Å². The highest BCUT2D eigenvalue weighted by atomic mass is 31.1. The molecule has 0 aliphatic carbocycles. The molecule has 0 unspecified atom stereocenters. The van der Waals surface area contributed by atoms with Gasteiger partial charge in [0, 0.05) is 0 Å². The van der Waals surface area contributed by atoms with Crippen LogP contribution in [0.5, 0.6) is 0 Å². The number of rotatable bonds is 2. The van der Waals surface area contributed by atoms with Crippen molar-refractivity contribution >= 4 is 18.5 Å². The summed E-state index contributed by atoms with van der Waals surface area (Å²) in [5.74, 6) is -0.460. The van der Waals surface area contributed by atoms with E-state index in [0.29, 0.717) is 0 Å². The monoisotopic (exact) mass is 278 g/mol. The molecule has 2 aromatic carbocycles. The molecular weight excluding hydrogens is 261 g/mol. The van der Waals surface area contributed by atoms with Gasteiger partial charge in [0.15, 0.2) is 0 Å². The van der Waals surface area contributed by atoms with E-state index in [1.54, 1.807) is 0 Å². The Balaban J connectivity index is 2.47. The predicted octanol–water partition coefficient (Wildman–Crippen LogP) is 4.20. The van der Waals surface area contributed by atoms with E-state index in [1.165, 1.54) is 24.3 Å². The maximum absolute atomic E-state index is 13.1. The fourth-order valence-electron chi connectivity index (χ4n) is 2.10. The molecule has 3 heteroatoms. The molecule has 0 aromatic heterocycles. The summed E-state index contributed by atoms with van der Waals surface area (Å²) in [6.07, 6.45) is 0. The van der Waals surface area contributed by atoms with Crippen molar-refractivity contribution in [1.29, 1.82) is 0 Å². The number of halogens is 2. The first kappa shape index (κ1) is 14.1. The summed E-state index contributed by atoms with van der Waals surface area (Å²) < 4.78 is 26.1. The summed E-state index contributed by atoms with van der Waals surface area (Å²) in [6, 6.07) is 13.3. The van der Waals surface area contributed by atoms with Crippen LogP contribution in [0.1, 0.15) is 20.8 Å². The predicted molar refractivity (Wildman–Crippen MR) is 78.7 cm³/mol.